The molecule has 0 fully saturated rings. The number of carbonyl (C=O) groups is 4. The second-order valence-corrected chi connectivity index (χ2v) is 8.18. The molecule has 190 valence electrons. The molecule has 0 saturated heterocycles. The van der Waals surface area contributed by atoms with E-state index in [1.54, 1.807) is 18.7 Å². The number of nitrogens with one attached hydrogen (secondary N) is 1. The van der Waals surface area contributed by atoms with Crippen LogP contribution >= 0.6 is 11.3 Å². The number of halogens is 3. The fourth-order valence-electron chi connectivity index (χ4n) is 3.08. The molecule has 0 radical (unpaired) electrons. The highest BCUT2D eigenvalue weighted by molar-refractivity contribution is 7.18. The number of anilines is 1. The lowest BCUT2D eigenvalue weighted by molar-refractivity contribution is -0.137. The number of carbonyl (C=O) groups excluding carboxylic acids is 4. The molecule has 0 saturated carbocycles. The van der Waals surface area contributed by atoms with Gasteiger partial charge in [-0.05, 0) is 57.5 Å². The van der Waals surface area contributed by atoms with Crippen molar-refractivity contribution in [2.24, 2.45) is 0 Å². The molecule has 0 unspecified atom stereocenters. The van der Waals surface area contributed by atoms with Crippen molar-refractivity contribution in [3.63, 3.8) is 0 Å². The molecule has 8 nitrogen and oxygen atoms in total. The highest BCUT2D eigenvalue weighted by atomic mass is 32.1. The second kappa shape index (κ2) is 11.8. The lowest BCUT2D eigenvalue weighted by Crippen LogP contribution is -2.30. The average molecular weight is 515 g/mol. The van der Waals surface area contributed by atoms with Gasteiger partial charge >= 0.3 is 18.1 Å². The van der Waals surface area contributed by atoms with Gasteiger partial charge in [-0.2, -0.15) is 13.2 Å². The fraction of sp³-hybridized carbons (Fsp3) is 0.391. The molecule has 1 heterocycles. The zero-order chi connectivity index (χ0) is 26.3. The maximum atomic E-state index is 12.8. The molecule has 0 aliphatic carbocycles. The summed E-state index contributed by atoms with van der Waals surface area (Å²) in [5.74, 6) is -2.84. The number of hydrogen-bond acceptors (Lipinski definition) is 7. The number of ether oxygens (including phenoxy) is 2. The van der Waals surface area contributed by atoms with Crippen molar-refractivity contribution in [1.29, 1.82) is 0 Å². The van der Waals surface area contributed by atoms with Gasteiger partial charge in [-0.3, -0.25) is 9.59 Å². The van der Waals surface area contributed by atoms with Gasteiger partial charge in [0.25, 0.3) is 11.8 Å². The molecule has 2 rings (SSSR count). The van der Waals surface area contributed by atoms with E-state index in [0.717, 1.165) is 35.6 Å². The Kier molecular flexibility index (Phi) is 9.40. The van der Waals surface area contributed by atoms with Crippen LogP contribution in [-0.4, -0.2) is 55.0 Å². The van der Waals surface area contributed by atoms with Crippen LogP contribution in [0, 0.1) is 6.92 Å². The average Bonchev–Trinajstić information content (AvgIpc) is 3.13. The quantitative estimate of drug-likeness (QED) is 0.494. The van der Waals surface area contributed by atoms with Crippen molar-refractivity contribution in [1.82, 2.24) is 4.90 Å². The maximum Gasteiger partial charge on any atom is 0.416 e. The topological polar surface area (TPSA) is 102 Å². The zero-order valence-electron chi connectivity index (χ0n) is 19.6. The highest BCUT2D eigenvalue weighted by Gasteiger charge is 2.31. The first-order valence-electron chi connectivity index (χ1n) is 10.7. The van der Waals surface area contributed by atoms with E-state index >= 15 is 0 Å². The van der Waals surface area contributed by atoms with E-state index < -0.39 is 36.2 Å². The van der Waals surface area contributed by atoms with E-state index in [0.29, 0.717) is 18.7 Å². The summed E-state index contributed by atoms with van der Waals surface area (Å²) >= 11 is 0.899. The lowest BCUT2D eigenvalue weighted by Gasteiger charge is -2.18. The smallest absolute Gasteiger partial charge is 0.416 e. The zero-order valence-corrected chi connectivity index (χ0v) is 20.4. The molecule has 0 aliphatic heterocycles. The molecule has 2 aromatic rings. The van der Waals surface area contributed by atoms with Gasteiger partial charge in [0, 0.05) is 13.1 Å². The van der Waals surface area contributed by atoms with Crippen LogP contribution in [0.2, 0.25) is 0 Å². The number of thiophene rings is 1. The highest BCUT2D eigenvalue weighted by Crippen LogP contribution is 2.35. The minimum atomic E-state index is -4.55. The summed E-state index contributed by atoms with van der Waals surface area (Å²) in [5.41, 5.74) is -0.726. The van der Waals surface area contributed by atoms with Gasteiger partial charge in [0.2, 0.25) is 0 Å². The van der Waals surface area contributed by atoms with Gasteiger partial charge in [-0.15, -0.1) is 11.3 Å². The van der Waals surface area contributed by atoms with E-state index in [4.69, 9.17) is 9.47 Å². The first-order chi connectivity index (χ1) is 16.4. The molecule has 1 aromatic carbocycles. The number of esters is 2. The molecule has 0 bridgehead atoms. The molecular formula is C23H25F3N2O6S. The Morgan fingerprint density at radius 3 is 2.09 bits per heavy atom. The number of rotatable bonds is 9. The Labute approximate surface area is 204 Å². The lowest BCUT2D eigenvalue weighted by atomic mass is 10.1. The molecule has 0 atom stereocenters. The van der Waals surface area contributed by atoms with Gasteiger partial charge in [0.05, 0.1) is 28.2 Å². The van der Waals surface area contributed by atoms with Crippen LogP contribution in [0.3, 0.4) is 0 Å². The van der Waals surface area contributed by atoms with E-state index in [1.165, 1.54) is 0 Å². The maximum absolute atomic E-state index is 12.8. The number of alkyl halides is 3. The van der Waals surface area contributed by atoms with Crippen molar-refractivity contribution >= 4 is 40.1 Å². The molecule has 12 heteroatoms. The monoisotopic (exact) mass is 514 g/mol. The van der Waals surface area contributed by atoms with Gasteiger partial charge in [-0.25, -0.2) is 9.59 Å². The molecule has 0 spiro atoms. The number of amides is 2. The van der Waals surface area contributed by atoms with Gasteiger partial charge in [-0.1, -0.05) is 0 Å². The molecule has 1 N–H and O–H groups in total. The summed E-state index contributed by atoms with van der Waals surface area (Å²) in [7, 11) is 0. The molecule has 2 amide bonds. The predicted molar refractivity (Wildman–Crippen MR) is 123 cm³/mol. The van der Waals surface area contributed by atoms with Crippen LogP contribution in [-0.2, 0) is 20.4 Å². The van der Waals surface area contributed by atoms with Crippen molar-refractivity contribution in [3.8, 4) is 0 Å². The summed E-state index contributed by atoms with van der Waals surface area (Å²) in [6.45, 7) is 7.00. The van der Waals surface area contributed by atoms with Crippen molar-refractivity contribution in [3.05, 3.63) is 51.4 Å². The van der Waals surface area contributed by atoms with E-state index in [-0.39, 0.29) is 33.5 Å². The Hall–Kier alpha value is -3.41. The first kappa shape index (κ1) is 27.8. The fourth-order valence-corrected chi connectivity index (χ4v) is 4.26. The minimum Gasteiger partial charge on any atom is -0.462 e. The minimum absolute atomic E-state index is 0.0229. The second-order valence-electron chi connectivity index (χ2n) is 7.16. The summed E-state index contributed by atoms with van der Waals surface area (Å²) in [6.07, 6.45) is -4.55. The van der Waals surface area contributed by atoms with E-state index in [1.807, 2.05) is 13.8 Å². The summed E-state index contributed by atoms with van der Waals surface area (Å²) in [5, 5.41) is 2.52. The largest absolute Gasteiger partial charge is 0.462 e. The van der Waals surface area contributed by atoms with Crippen molar-refractivity contribution < 1.29 is 41.8 Å². The van der Waals surface area contributed by atoms with Crippen LogP contribution in [0.5, 0.6) is 0 Å². The Morgan fingerprint density at radius 1 is 0.971 bits per heavy atom. The van der Waals surface area contributed by atoms with Crippen molar-refractivity contribution in [2.45, 2.75) is 33.9 Å². The normalized spacial score (nSPS) is 11.1. The summed E-state index contributed by atoms with van der Waals surface area (Å²) in [4.78, 5) is 51.7. The molecule has 35 heavy (non-hydrogen) atoms. The third-order valence-corrected chi connectivity index (χ3v) is 6.10. The molecule has 0 aliphatic rings. The third kappa shape index (κ3) is 6.81. The summed E-state index contributed by atoms with van der Waals surface area (Å²) in [6, 6.07) is 3.33. The SMILES string of the molecule is CCOC(=O)c1c(NC(=O)COC(=O)c2ccc(C(F)(F)F)cc2)sc(C(=O)N(CC)CC)c1C. The Balaban J connectivity index is 2.18. The van der Waals surface area contributed by atoms with Crippen LogP contribution in [0.4, 0.5) is 18.2 Å². The van der Waals surface area contributed by atoms with E-state index in [9.17, 15) is 32.3 Å². The van der Waals surface area contributed by atoms with Crippen LogP contribution in [0.1, 0.15) is 62.3 Å². The van der Waals surface area contributed by atoms with E-state index in [2.05, 4.69) is 5.32 Å². The van der Waals surface area contributed by atoms with Crippen LogP contribution in [0.25, 0.3) is 0 Å². The first-order valence-corrected chi connectivity index (χ1v) is 11.5. The summed E-state index contributed by atoms with van der Waals surface area (Å²) < 4.78 is 47.9. The third-order valence-electron chi connectivity index (χ3n) is 4.91. The predicted octanol–water partition coefficient (Wildman–Crippen LogP) is 4.53. The van der Waals surface area contributed by atoms with Gasteiger partial charge in [0.1, 0.15) is 5.00 Å². The Morgan fingerprint density at radius 2 is 1.57 bits per heavy atom. The van der Waals surface area contributed by atoms with Crippen LogP contribution in [0.15, 0.2) is 24.3 Å². The Bertz CT molecular complexity index is 1090. The number of benzene rings is 1. The number of hydrogen-bond donors (Lipinski definition) is 1. The number of nitrogens with zero attached hydrogens (tertiary/aromatic N) is 1. The van der Waals surface area contributed by atoms with Gasteiger partial charge in [0.15, 0.2) is 6.61 Å². The molecular weight excluding hydrogens is 489 g/mol. The van der Waals surface area contributed by atoms with Gasteiger partial charge < -0.3 is 19.7 Å². The standard InChI is InChI=1S/C23H25F3N2O6S/c1-5-28(6-2)20(30)18-13(4)17(22(32)33-7-3)19(35-18)27-16(29)12-34-21(31)14-8-10-15(11-9-14)23(24,25)26/h8-11H,5-7,12H2,1-4H3,(H,27,29). The van der Waals surface area contributed by atoms with Crippen LogP contribution < -0.4 is 5.32 Å². The molecule has 1 aromatic heterocycles. The van der Waals surface area contributed by atoms with Crippen molar-refractivity contribution in [2.75, 3.05) is 31.6 Å².